The highest BCUT2D eigenvalue weighted by molar-refractivity contribution is 4.52. The van der Waals surface area contributed by atoms with E-state index in [4.69, 9.17) is 5.11 Å². The minimum absolute atomic E-state index is 0.511. The molecule has 3 heteroatoms. The number of hydrogen-bond acceptors (Lipinski definition) is 2. The smallest absolute Gasteiger partial charge is 0.145 e. The lowest BCUT2D eigenvalue weighted by atomic mass is 10.3. The van der Waals surface area contributed by atoms with Crippen molar-refractivity contribution in [2.75, 3.05) is 0 Å². The maximum Gasteiger partial charge on any atom is 0.145 e. The van der Waals surface area contributed by atoms with Gasteiger partial charge in [0, 0.05) is 0 Å². The van der Waals surface area contributed by atoms with Gasteiger partial charge in [-0.1, -0.05) is 13.8 Å². The number of nitrogens with one attached hydrogen (secondary N) is 1. The van der Waals surface area contributed by atoms with Crippen LogP contribution in [0.4, 0.5) is 0 Å². The molecule has 0 heterocycles. The predicted octanol–water partition coefficient (Wildman–Crippen LogP) is 0.471. The van der Waals surface area contributed by atoms with Crippen LogP contribution in [-0.4, -0.2) is 17.6 Å². The molecule has 1 radical (unpaired) electrons. The van der Waals surface area contributed by atoms with Crippen LogP contribution in [-0.2, 0) is 5.11 Å². The standard InChI is InChI=1S/C6H14NO2/c1-3-5(8)7-6(9)4-2/h5-8H,3-4H2,1-2H3. The Hall–Kier alpha value is -0.120. The second kappa shape index (κ2) is 4.73. The van der Waals surface area contributed by atoms with E-state index >= 15 is 0 Å². The van der Waals surface area contributed by atoms with Crippen LogP contribution in [0.3, 0.4) is 0 Å². The summed E-state index contributed by atoms with van der Waals surface area (Å²) in [4.78, 5) is 0. The molecule has 0 aliphatic carbocycles. The Balaban J connectivity index is 3.22. The molecule has 0 aliphatic rings. The highest BCUT2D eigenvalue weighted by Gasteiger charge is 2.05. The lowest BCUT2D eigenvalue weighted by Crippen LogP contribution is -2.36. The van der Waals surface area contributed by atoms with Crippen LogP contribution in [0.25, 0.3) is 0 Å². The fraction of sp³-hybridized carbons (Fsp3) is 1.00. The second-order valence-electron chi connectivity index (χ2n) is 1.99. The van der Waals surface area contributed by atoms with Crippen LogP contribution in [0.5, 0.6) is 0 Å². The van der Waals surface area contributed by atoms with Crippen molar-refractivity contribution in [3.63, 3.8) is 0 Å². The van der Waals surface area contributed by atoms with Crippen LogP contribution in [0, 0.1) is 0 Å². The van der Waals surface area contributed by atoms with E-state index in [-0.39, 0.29) is 0 Å². The molecule has 0 aromatic heterocycles. The first-order valence-corrected chi connectivity index (χ1v) is 3.30. The summed E-state index contributed by atoms with van der Waals surface area (Å²) >= 11 is 0. The van der Waals surface area contributed by atoms with E-state index < -0.39 is 12.5 Å². The summed E-state index contributed by atoms with van der Waals surface area (Å²) in [5, 5.41) is 21.9. The molecule has 0 saturated heterocycles. The van der Waals surface area contributed by atoms with E-state index in [1.54, 1.807) is 6.92 Å². The number of aliphatic hydroxyl groups excluding tert-OH is 1. The molecule has 0 aromatic rings. The van der Waals surface area contributed by atoms with Gasteiger partial charge in [0.25, 0.3) is 0 Å². The van der Waals surface area contributed by atoms with Gasteiger partial charge in [-0.05, 0) is 12.8 Å². The van der Waals surface area contributed by atoms with Crippen molar-refractivity contribution in [1.29, 1.82) is 0 Å². The SMILES string of the molecule is CCC([O])NC(O)CC. The fourth-order valence-electron chi connectivity index (χ4n) is 0.450. The summed E-state index contributed by atoms with van der Waals surface area (Å²) in [6, 6.07) is 0. The van der Waals surface area contributed by atoms with Gasteiger partial charge in [0.2, 0.25) is 0 Å². The van der Waals surface area contributed by atoms with Crippen LogP contribution in [0.1, 0.15) is 26.7 Å². The van der Waals surface area contributed by atoms with Crippen molar-refractivity contribution < 1.29 is 10.2 Å². The minimum atomic E-state index is -0.819. The largest absolute Gasteiger partial charge is 0.379 e. The highest BCUT2D eigenvalue weighted by Crippen LogP contribution is 1.90. The van der Waals surface area contributed by atoms with Crippen molar-refractivity contribution >= 4 is 0 Å². The van der Waals surface area contributed by atoms with Gasteiger partial charge in [-0.3, -0.25) is 5.32 Å². The molecule has 2 N–H and O–H groups in total. The van der Waals surface area contributed by atoms with Gasteiger partial charge in [0.1, 0.15) is 12.5 Å². The van der Waals surface area contributed by atoms with Crippen molar-refractivity contribution in [2.24, 2.45) is 0 Å². The summed E-state index contributed by atoms with van der Waals surface area (Å²) in [5.74, 6) is 0. The normalized spacial score (nSPS) is 17.3. The van der Waals surface area contributed by atoms with Crippen LogP contribution in [0.2, 0.25) is 0 Å². The first kappa shape index (κ1) is 8.88. The van der Waals surface area contributed by atoms with E-state index in [9.17, 15) is 5.11 Å². The van der Waals surface area contributed by atoms with Gasteiger partial charge in [-0.2, -0.15) is 0 Å². The Morgan fingerprint density at radius 3 is 2.33 bits per heavy atom. The van der Waals surface area contributed by atoms with Gasteiger partial charge in [-0.15, -0.1) is 0 Å². The fourth-order valence-corrected chi connectivity index (χ4v) is 0.450. The Morgan fingerprint density at radius 2 is 2.00 bits per heavy atom. The summed E-state index contributed by atoms with van der Waals surface area (Å²) in [5.41, 5.74) is 0. The van der Waals surface area contributed by atoms with Gasteiger partial charge in [0.15, 0.2) is 0 Å². The van der Waals surface area contributed by atoms with Crippen molar-refractivity contribution in [1.82, 2.24) is 5.32 Å². The maximum atomic E-state index is 10.6. The summed E-state index contributed by atoms with van der Waals surface area (Å²) in [7, 11) is 0. The van der Waals surface area contributed by atoms with Gasteiger partial charge in [0.05, 0.1) is 0 Å². The number of aliphatic hydroxyl groups is 1. The third-order valence-corrected chi connectivity index (χ3v) is 1.14. The third-order valence-electron chi connectivity index (χ3n) is 1.14. The molecule has 0 rings (SSSR count). The Bertz CT molecular complexity index is 60.1. The van der Waals surface area contributed by atoms with E-state index in [0.717, 1.165) is 0 Å². The molecule has 3 nitrogen and oxygen atoms in total. The molecule has 0 aliphatic heterocycles. The summed E-state index contributed by atoms with van der Waals surface area (Å²) < 4.78 is 0. The second-order valence-corrected chi connectivity index (χ2v) is 1.99. The van der Waals surface area contributed by atoms with Crippen LogP contribution in [0.15, 0.2) is 0 Å². The van der Waals surface area contributed by atoms with Gasteiger partial charge >= 0.3 is 0 Å². The topological polar surface area (TPSA) is 52.2 Å². The van der Waals surface area contributed by atoms with E-state index in [0.29, 0.717) is 12.8 Å². The monoisotopic (exact) mass is 132 g/mol. The molecular weight excluding hydrogens is 118 g/mol. The van der Waals surface area contributed by atoms with Crippen LogP contribution < -0.4 is 5.32 Å². The molecule has 0 spiro atoms. The average Bonchev–Trinajstić information content (AvgIpc) is 1.87. The maximum absolute atomic E-state index is 10.6. The van der Waals surface area contributed by atoms with Crippen molar-refractivity contribution in [3.8, 4) is 0 Å². The third kappa shape index (κ3) is 4.39. The lowest BCUT2D eigenvalue weighted by molar-refractivity contribution is -0.00320. The number of hydrogen-bond donors (Lipinski definition) is 2. The summed E-state index contributed by atoms with van der Waals surface area (Å²) in [6.07, 6.45) is -0.358. The molecule has 9 heavy (non-hydrogen) atoms. The molecule has 0 aromatic carbocycles. The first-order chi connectivity index (χ1) is 4.20. The Morgan fingerprint density at radius 1 is 1.44 bits per heavy atom. The van der Waals surface area contributed by atoms with Gasteiger partial charge in [-0.25, -0.2) is 5.11 Å². The minimum Gasteiger partial charge on any atom is -0.379 e. The average molecular weight is 132 g/mol. The van der Waals surface area contributed by atoms with Crippen LogP contribution >= 0.6 is 0 Å². The Labute approximate surface area is 55.7 Å². The van der Waals surface area contributed by atoms with E-state index in [1.165, 1.54) is 0 Å². The zero-order valence-electron chi connectivity index (χ0n) is 5.92. The molecule has 55 valence electrons. The molecule has 2 unspecified atom stereocenters. The quantitative estimate of drug-likeness (QED) is 0.546. The first-order valence-electron chi connectivity index (χ1n) is 3.30. The number of rotatable bonds is 4. The molecule has 2 atom stereocenters. The molecule has 0 fully saturated rings. The van der Waals surface area contributed by atoms with Crippen molar-refractivity contribution in [2.45, 2.75) is 39.1 Å². The van der Waals surface area contributed by atoms with Crippen molar-refractivity contribution in [3.05, 3.63) is 0 Å². The lowest BCUT2D eigenvalue weighted by Gasteiger charge is -2.12. The Kier molecular flexibility index (Phi) is 4.67. The molecule has 0 amide bonds. The van der Waals surface area contributed by atoms with E-state index in [2.05, 4.69) is 5.32 Å². The zero-order valence-corrected chi connectivity index (χ0v) is 5.92. The summed E-state index contributed by atoms with van der Waals surface area (Å²) in [6.45, 7) is 3.60. The van der Waals surface area contributed by atoms with E-state index in [1.807, 2.05) is 6.92 Å². The molecule has 0 bridgehead atoms. The predicted molar refractivity (Wildman–Crippen MR) is 34.2 cm³/mol. The zero-order chi connectivity index (χ0) is 7.28. The highest BCUT2D eigenvalue weighted by atomic mass is 16.3. The van der Waals surface area contributed by atoms with Gasteiger partial charge < -0.3 is 5.11 Å². The molecule has 0 saturated carbocycles. The molecular formula is C6H14NO2.